The molecule has 0 spiro atoms. The van der Waals surface area contributed by atoms with Crippen LogP contribution in [0.25, 0.3) is 11.0 Å². The summed E-state index contributed by atoms with van der Waals surface area (Å²) in [6, 6.07) is 4.03. The molecule has 0 aliphatic carbocycles. The van der Waals surface area contributed by atoms with Gasteiger partial charge in [0, 0.05) is 10.6 Å². The number of anilines is 2. The second-order valence-corrected chi connectivity index (χ2v) is 8.68. The van der Waals surface area contributed by atoms with E-state index in [0.717, 1.165) is 15.5 Å². The van der Waals surface area contributed by atoms with E-state index in [4.69, 9.17) is 9.84 Å². The standard InChI is InChI=1S/C21H19F2IN4O7/c1-27-19-16(18(17(23)21(27)34)26-13-3-2-10(24)6-12(13)22)20(33)28(9-25-19)7-11(29)8-35-15(32)5-4-14(30)31/h2-3,6,9,11,26,29H,4-5,7-8H2,1H3,(H,30,31)/t11-/m1/s1. The van der Waals surface area contributed by atoms with E-state index in [1.165, 1.54) is 25.2 Å². The number of halogens is 3. The van der Waals surface area contributed by atoms with E-state index < -0.39 is 72.5 Å². The van der Waals surface area contributed by atoms with Gasteiger partial charge in [-0.25, -0.2) is 9.37 Å². The quantitative estimate of drug-likeness (QED) is 0.244. The largest absolute Gasteiger partial charge is 0.481 e. The summed E-state index contributed by atoms with van der Waals surface area (Å²) >= 11 is 1.88. The fraction of sp³-hybridized carbons (Fsp3) is 0.286. The first-order chi connectivity index (χ1) is 16.5. The number of aliphatic carboxylic acids is 1. The number of carbonyl (C=O) groups is 2. The van der Waals surface area contributed by atoms with E-state index in [1.54, 1.807) is 0 Å². The number of carboxylic acid groups (broad SMARTS) is 1. The average molecular weight is 604 g/mol. The lowest BCUT2D eigenvalue weighted by Crippen LogP contribution is -2.33. The number of nitrogens with one attached hydrogen (secondary N) is 1. The second kappa shape index (κ2) is 10.9. The predicted molar refractivity (Wildman–Crippen MR) is 127 cm³/mol. The SMILES string of the molecule is Cn1c(=O)c(F)c(Nc2ccc(I)cc2F)c2c(=O)n(C[C@@H](O)COC(=O)CCC(=O)O)cnc21. The number of esters is 1. The third kappa shape index (κ3) is 6.00. The van der Waals surface area contributed by atoms with Crippen molar-refractivity contribution in [2.45, 2.75) is 25.5 Å². The van der Waals surface area contributed by atoms with Crippen molar-refractivity contribution in [1.29, 1.82) is 0 Å². The molecule has 35 heavy (non-hydrogen) atoms. The number of aliphatic hydroxyl groups excluding tert-OH is 1. The normalized spacial score (nSPS) is 11.9. The molecule has 0 bridgehead atoms. The topological polar surface area (TPSA) is 153 Å². The first kappa shape index (κ1) is 26.2. The van der Waals surface area contributed by atoms with Gasteiger partial charge in [-0.05, 0) is 40.8 Å². The van der Waals surface area contributed by atoms with E-state index in [0.29, 0.717) is 3.57 Å². The molecule has 3 aromatic rings. The molecule has 0 amide bonds. The van der Waals surface area contributed by atoms with Crippen molar-refractivity contribution in [3.8, 4) is 0 Å². The number of hydrogen-bond acceptors (Lipinski definition) is 8. The third-order valence-electron chi connectivity index (χ3n) is 4.88. The lowest BCUT2D eigenvalue weighted by molar-refractivity contribution is -0.150. The number of rotatable bonds is 9. The summed E-state index contributed by atoms with van der Waals surface area (Å²) in [5, 5.41) is 20.8. The molecule has 14 heteroatoms. The summed E-state index contributed by atoms with van der Waals surface area (Å²) in [5.41, 5.74) is -2.88. The molecule has 3 rings (SSSR count). The molecule has 0 fully saturated rings. The minimum Gasteiger partial charge on any atom is -0.481 e. The van der Waals surface area contributed by atoms with Crippen molar-refractivity contribution in [2.24, 2.45) is 7.05 Å². The molecule has 0 aliphatic heterocycles. The van der Waals surface area contributed by atoms with Crippen molar-refractivity contribution < 1.29 is 33.3 Å². The number of aryl methyl sites for hydroxylation is 1. The predicted octanol–water partition coefficient (Wildman–Crippen LogP) is 1.49. The zero-order valence-corrected chi connectivity index (χ0v) is 20.3. The minimum atomic E-state index is -1.39. The fourth-order valence-corrected chi connectivity index (χ4v) is 3.59. The van der Waals surface area contributed by atoms with Crippen molar-refractivity contribution in [3.05, 3.63) is 60.4 Å². The number of ether oxygens (including phenoxy) is 1. The Balaban J connectivity index is 1.95. The maximum atomic E-state index is 15.0. The van der Waals surface area contributed by atoms with Gasteiger partial charge in [-0.1, -0.05) is 0 Å². The van der Waals surface area contributed by atoms with Gasteiger partial charge in [0.05, 0.1) is 30.8 Å². The molecule has 11 nitrogen and oxygen atoms in total. The molecular weight excluding hydrogens is 585 g/mol. The summed E-state index contributed by atoms with van der Waals surface area (Å²) in [4.78, 5) is 51.5. The molecule has 0 unspecified atom stereocenters. The lowest BCUT2D eigenvalue weighted by Gasteiger charge is -2.16. The smallest absolute Gasteiger partial charge is 0.306 e. The summed E-state index contributed by atoms with van der Waals surface area (Å²) in [7, 11) is 1.21. The minimum absolute atomic E-state index is 0.179. The van der Waals surface area contributed by atoms with Gasteiger partial charge in [-0.15, -0.1) is 0 Å². The van der Waals surface area contributed by atoms with Crippen molar-refractivity contribution >= 4 is 56.9 Å². The van der Waals surface area contributed by atoms with E-state index in [9.17, 15) is 33.1 Å². The Hall–Kier alpha value is -3.40. The molecule has 3 N–H and O–H groups in total. The summed E-state index contributed by atoms with van der Waals surface area (Å²) in [5.74, 6) is -4.11. The van der Waals surface area contributed by atoms with Crippen LogP contribution in [0.15, 0.2) is 34.1 Å². The van der Waals surface area contributed by atoms with Gasteiger partial charge < -0.3 is 20.3 Å². The number of carboxylic acids is 1. The van der Waals surface area contributed by atoms with Gasteiger partial charge in [0.25, 0.3) is 11.1 Å². The number of aromatic nitrogens is 3. The highest BCUT2D eigenvalue weighted by Gasteiger charge is 2.22. The van der Waals surface area contributed by atoms with Crippen molar-refractivity contribution in [3.63, 3.8) is 0 Å². The van der Waals surface area contributed by atoms with Gasteiger partial charge in [-0.3, -0.25) is 28.3 Å². The number of benzene rings is 1. The molecule has 1 atom stereocenters. The van der Waals surface area contributed by atoms with Gasteiger partial charge in [0.1, 0.15) is 30.2 Å². The third-order valence-corrected chi connectivity index (χ3v) is 5.55. The van der Waals surface area contributed by atoms with Crippen molar-refractivity contribution in [1.82, 2.24) is 14.1 Å². The van der Waals surface area contributed by atoms with Crippen molar-refractivity contribution in [2.75, 3.05) is 11.9 Å². The van der Waals surface area contributed by atoms with Gasteiger partial charge in [0.15, 0.2) is 5.65 Å². The van der Waals surface area contributed by atoms with Crippen LogP contribution in [0.1, 0.15) is 12.8 Å². The Morgan fingerprint density at radius 2 is 1.94 bits per heavy atom. The Bertz CT molecular complexity index is 1420. The van der Waals surface area contributed by atoms with E-state index in [-0.39, 0.29) is 16.7 Å². The molecule has 186 valence electrons. The molecular formula is C21H19F2IN4O7. The average Bonchev–Trinajstić information content (AvgIpc) is 2.80. The number of nitrogens with zero attached hydrogens (tertiary/aromatic N) is 3. The first-order valence-electron chi connectivity index (χ1n) is 10.0. The number of aliphatic hydroxyl groups is 1. The Labute approximate surface area is 209 Å². The molecule has 0 saturated carbocycles. The summed E-state index contributed by atoms with van der Waals surface area (Å²) < 4.78 is 36.4. The fourth-order valence-electron chi connectivity index (χ4n) is 3.14. The Kier molecular flexibility index (Phi) is 8.16. The monoisotopic (exact) mass is 604 g/mol. The lowest BCUT2D eigenvalue weighted by atomic mass is 10.2. The van der Waals surface area contributed by atoms with E-state index in [2.05, 4.69) is 10.3 Å². The molecule has 2 heterocycles. The van der Waals surface area contributed by atoms with Crippen LogP contribution < -0.4 is 16.4 Å². The van der Waals surface area contributed by atoms with E-state index in [1.807, 2.05) is 22.6 Å². The van der Waals surface area contributed by atoms with Crippen LogP contribution in [-0.4, -0.2) is 49.0 Å². The highest BCUT2D eigenvalue weighted by Crippen LogP contribution is 2.26. The zero-order valence-electron chi connectivity index (χ0n) is 18.1. The van der Waals surface area contributed by atoms with Crippen LogP contribution in [-0.2, 0) is 27.9 Å². The molecule has 0 aliphatic rings. The van der Waals surface area contributed by atoms with Crippen LogP contribution in [0.5, 0.6) is 0 Å². The number of hydrogen-bond donors (Lipinski definition) is 3. The Morgan fingerprint density at radius 1 is 1.23 bits per heavy atom. The van der Waals surface area contributed by atoms with Crippen LogP contribution >= 0.6 is 22.6 Å². The maximum absolute atomic E-state index is 15.0. The van der Waals surface area contributed by atoms with Crippen LogP contribution in [0.3, 0.4) is 0 Å². The van der Waals surface area contributed by atoms with E-state index >= 15 is 0 Å². The number of fused-ring (bicyclic) bond motifs is 1. The zero-order chi connectivity index (χ0) is 25.9. The second-order valence-electron chi connectivity index (χ2n) is 7.43. The highest BCUT2D eigenvalue weighted by molar-refractivity contribution is 14.1. The Morgan fingerprint density at radius 3 is 2.60 bits per heavy atom. The van der Waals surface area contributed by atoms with Crippen LogP contribution in [0.2, 0.25) is 0 Å². The summed E-state index contributed by atoms with van der Waals surface area (Å²) in [6.45, 7) is -0.959. The molecule has 0 radical (unpaired) electrons. The summed E-state index contributed by atoms with van der Waals surface area (Å²) in [6.07, 6.45) is -1.20. The number of pyridine rings is 1. The van der Waals surface area contributed by atoms with Gasteiger partial charge >= 0.3 is 11.9 Å². The van der Waals surface area contributed by atoms with Gasteiger partial charge in [-0.2, -0.15) is 4.39 Å². The maximum Gasteiger partial charge on any atom is 0.306 e. The van der Waals surface area contributed by atoms with Crippen LogP contribution in [0, 0.1) is 15.2 Å². The highest BCUT2D eigenvalue weighted by atomic mass is 127. The molecule has 2 aromatic heterocycles. The molecule has 0 saturated heterocycles. The van der Waals surface area contributed by atoms with Crippen LogP contribution in [0.4, 0.5) is 20.2 Å². The first-order valence-corrected chi connectivity index (χ1v) is 11.1. The molecule has 1 aromatic carbocycles. The van der Waals surface area contributed by atoms with Gasteiger partial charge in [0.2, 0.25) is 5.82 Å². The number of carbonyl (C=O) groups excluding carboxylic acids is 1.